The van der Waals surface area contributed by atoms with E-state index in [-0.39, 0.29) is 36.7 Å². The Hall–Kier alpha value is -2.45. The van der Waals surface area contributed by atoms with Gasteiger partial charge in [0.1, 0.15) is 11.5 Å². The number of piperazine rings is 1. The van der Waals surface area contributed by atoms with E-state index in [2.05, 4.69) is 5.32 Å². The number of alkyl halides is 3. The molecule has 1 fully saturated rings. The predicted octanol–water partition coefficient (Wildman–Crippen LogP) is 3.69. The minimum Gasteiger partial charge on any atom is -0.496 e. The summed E-state index contributed by atoms with van der Waals surface area (Å²) < 4.78 is 48.7. The molecule has 0 saturated carbocycles. The number of rotatable bonds is 5. The number of para-hydroxylation sites is 1. The molecule has 0 radical (unpaired) electrons. The normalized spacial score (nSPS) is 16.7. The number of halogens is 4. The van der Waals surface area contributed by atoms with Crippen LogP contribution in [0.4, 0.5) is 13.2 Å². The summed E-state index contributed by atoms with van der Waals surface area (Å²) in [5, 5.41) is 3.27. The van der Waals surface area contributed by atoms with Gasteiger partial charge in [-0.2, -0.15) is 13.2 Å². The Morgan fingerprint density at radius 3 is 2.52 bits per heavy atom. The molecule has 1 heterocycles. The largest absolute Gasteiger partial charge is 0.496 e. The fourth-order valence-corrected chi connectivity index (χ4v) is 3.19. The standard InChI is InChI=1S/C20H21F3N2O3.ClH/c1-27-18-5-3-2-4-16(18)17-12-24-10-11-25(17)19(26)13-28-15-8-6-14(7-9-15)20(21,22)23;/h2-9,17,24H,10-13H2,1H3;1H. The molecule has 1 amide bonds. The van der Waals surface area contributed by atoms with Crippen LogP contribution >= 0.6 is 12.4 Å². The Morgan fingerprint density at radius 2 is 1.86 bits per heavy atom. The number of nitrogens with zero attached hydrogens (tertiary/aromatic N) is 1. The molecule has 1 N–H and O–H groups in total. The molecule has 1 aliphatic rings. The van der Waals surface area contributed by atoms with Crippen LogP contribution in [0, 0.1) is 0 Å². The summed E-state index contributed by atoms with van der Waals surface area (Å²) in [6.07, 6.45) is -4.41. The third kappa shape index (κ3) is 5.55. The van der Waals surface area contributed by atoms with Crippen LogP contribution in [0.25, 0.3) is 0 Å². The quantitative estimate of drug-likeness (QED) is 0.786. The third-order valence-electron chi connectivity index (χ3n) is 4.61. The van der Waals surface area contributed by atoms with Gasteiger partial charge in [0.15, 0.2) is 6.61 Å². The molecule has 2 aromatic rings. The minimum absolute atomic E-state index is 0. The van der Waals surface area contributed by atoms with Gasteiger partial charge in [0.2, 0.25) is 0 Å². The Labute approximate surface area is 173 Å². The lowest BCUT2D eigenvalue weighted by Gasteiger charge is -2.37. The summed E-state index contributed by atoms with van der Waals surface area (Å²) in [5.74, 6) is 0.667. The molecule has 1 saturated heterocycles. The van der Waals surface area contributed by atoms with E-state index in [0.29, 0.717) is 25.4 Å². The number of carbonyl (C=O) groups excluding carboxylic acids is 1. The summed E-state index contributed by atoms with van der Waals surface area (Å²) in [6.45, 7) is 1.47. The second kappa shape index (κ2) is 9.84. The molecule has 9 heteroatoms. The Bertz CT molecular complexity index is 815. The summed E-state index contributed by atoms with van der Waals surface area (Å²) in [4.78, 5) is 14.4. The lowest BCUT2D eigenvalue weighted by molar-refractivity contribution is -0.138. The molecular weight excluding hydrogens is 409 g/mol. The monoisotopic (exact) mass is 430 g/mol. The highest BCUT2D eigenvalue weighted by atomic mass is 35.5. The zero-order chi connectivity index (χ0) is 20.1. The molecule has 1 unspecified atom stereocenters. The smallest absolute Gasteiger partial charge is 0.416 e. The average molecular weight is 431 g/mol. The number of carbonyl (C=O) groups is 1. The number of hydrogen-bond donors (Lipinski definition) is 1. The van der Waals surface area contributed by atoms with E-state index < -0.39 is 11.7 Å². The zero-order valence-corrected chi connectivity index (χ0v) is 16.6. The van der Waals surface area contributed by atoms with Crippen LogP contribution in [0.15, 0.2) is 48.5 Å². The van der Waals surface area contributed by atoms with E-state index >= 15 is 0 Å². The van der Waals surface area contributed by atoms with Crippen molar-refractivity contribution in [1.82, 2.24) is 10.2 Å². The van der Waals surface area contributed by atoms with Crippen LogP contribution in [0.1, 0.15) is 17.2 Å². The van der Waals surface area contributed by atoms with Crippen molar-refractivity contribution < 1.29 is 27.4 Å². The van der Waals surface area contributed by atoms with Crippen molar-refractivity contribution >= 4 is 18.3 Å². The van der Waals surface area contributed by atoms with Gasteiger partial charge in [-0.05, 0) is 30.3 Å². The van der Waals surface area contributed by atoms with Crippen molar-refractivity contribution in [2.45, 2.75) is 12.2 Å². The molecule has 0 aliphatic carbocycles. The van der Waals surface area contributed by atoms with E-state index in [9.17, 15) is 18.0 Å². The molecule has 3 rings (SSSR count). The number of amides is 1. The number of ether oxygens (including phenoxy) is 2. The number of benzene rings is 2. The average Bonchev–Trinajstić information content (AvgIpc) is 2.71. The molecule has 29 heavy (non-hydrogen) atoms. The molecule has 1 atom stereocenters. The molecule has 5 nitrogen and oxygen atoms in total. The van der Waals surface area contributed by atoms with E-state index in [4.69, 9.17) is 9.47 Å². The van der Waals surface area contributed by atoms with Crippen molar-refractivity contribution in [3.8, 4) is 11.5 Å². The lowest BCUT2D eigenvalue weighted by Crippen LogP contribution is -2.50. The SMILES string of the molecule is COc1ccccc1C1CNCCN1C(=O)COc1ccc(C(F)(F)F)cc1.Cl. The highest BCUT2D eigenvalue weighted by Crippen LogP contribution is 2.31. The van der Waals surface area contributed by atoms with Crippen LogP contribution in [0.2, 0.25) is 0 Å². The van der Waals surface area contributed by atoms with Gasteiger partial charge in [0.25, 0.3) is 5.91 Å². The maximum Gasteiger partial charge on any atom is 0.416 e. The van der Waals surface area contributed by atoms with Gasteiger partial charge in [-0.3, -0.25) is 4.79 Å². The Kier molecular flexibility index (Phi) is 7.75. The fourth-order valence-electron chi connectivity index (χ4n) is 3.19. The molecule has 1 aliphatic heterocycles. The van der Waals surface area contributed by atoms with Crippen LogP contribution in [-0.2, 0) is 11.0 Å². The van der Waals surface area contributed by atoms with Gasteiger partial charge >= 0.3 is 6.18 Å². The van der Waals surface area contributed by atoms with Crippen molar-refractivity contribution in [3.05, 3.63) is 59.7 Å². The first-order chi connectivity index (χ1) is 13.4. The first-order valence-corrected chi connectivity index (χ1v) is 8.83. The summed E-state index contributed by atoms with van der Waals surface area (Å²) >= 11 is 0. The van der Waals surface area contributed by atoms with Gasteiger partial charge in [-0.25, -0.2) is 0 Å². The first-order valence-electron chi connectivity index (χ1n) is 8.83. The van der Waals surface area contributed by atoms with Crippen molar-refractivity contribution in [3.63, 3.8) is 0 Å². The first kappa shape index (κ1) is 22.8. The molecule has 0 bridgehead atoms. The van der Waals surface area contributed by atoms with Crippen LogP contribution in [0.3, 0.4) is 0 Å². The van der Waals surface area contributed by atoms with Crippen molar-refractivity contribution in [1.29, 1.82) is 0 Å². The molecule has 2 aromatic carbocycles. The Balaban J connectivity index is 0.00000300. The summed E-state index contributed by atoms with van der Waals surface area (Å²) in [6, 6.07) is 11.6. The van der Waals surface area contributed by atoms with Gasteiger partial charge in [0.05, 0.1) is 18.7 Å². The van der Waals surface area contributed by atoms with Gasteiger partial charge in [0, 0.05) is 25.2 Å². The summed E-state index contributed by atoms with van der Waals surface area (Å²) in [5.41, 5.74) is 0.129. The van der Waals surface area contributed by atoms with E-state index in [1.54, 1.807) is 12.0 Å². The highest BCUT2D eigenvalue weighted by molar-refractivity contribution is 5.85. The van der Waals surface area contributed by atoms with E-state index in [1.165, 1.54) is 12.1 Å². The predicted molar refractivity (Wildman–Crippen MR) is 105 cm³/mol. The topological polar surface area (TPSA) is 50.8 Å². The minimum atomic E-state index is -4.41. The second-order valence-electron chi connectivity index (χ2n) is 6.36. The van der Waals surface area contributed by atoms with Gasteiger partial charge < -0.3 is 19.7 Å². The maximum atomic E-state index is 12.7. The summed E-state index contributed by atoms with van der Waals surface area (Å²) in [7, 11) is 1.58. The molecular formula is C20H22ClF3N2O3. The molecule has 158 valence electrons. The van der Waals surface area contributed by atoms with Crippen LogP contribution < -0.4 is 14.8 Å². The lowest BCUT2D eigenvalue weighted by atomic mass is 10.0. The third-order valence-corrected chi connectivity index (χ3v) is 4.61. The second-order valence-corrected chi connectivity index (χ2v) is 6.36. The fraction of sp³-hybridized carbons (Fsp3) is 0.350. The van der Waals surface area contributed by atoms with E-state index in [0.717, 1.165) is 17.7 Å². The Morgan fingerprint density at radius 1 is 1.17 bits per heavy atom. The van der Waals surface area contributed by atoms with Gasteiger partial charge in [-0.1, -0.05) is 18.2 Å². The number of nitrogens with one attached hydrogen (secondary N) is 1. The van der Waals surface area contributed by atoms with E-state index in [1.807, 2.05) is 24.3 Å². The number of methoxy groups -OCH3 is 1. The highest BCUT2D eigenvalue weighted by Gasteiger charge is 2.31. The van der Waals surface area contributed by atoms with Gasteiger partial charge in [-0.15, -0.1) is 12.4 Å². The molecule has 0 spiro atoms. The van der Waals surface area contributed by atoms with Crippen LogP contribution in [-0.4, -0.2) is 44.2 Å². The number of hydrogen-bond acceptors (Lipinski definition) is 4. The molecule has 0 aromatic heterocycles. The van der Waals surface area contributed by atoms with Crippen molar-refractivity contribution in [2.24, 2.45) is 0 Å². The zero-order valence-electron chi connectivity index (χ0n) is 15.7. The maximum absolute atomic E-state index is 12.7. The van der Waals surface area contributed by atoms with Crippen LogP contribution in [0.5, 0.6) is 11.5 Å². The van der Waals surface area contributed by atoms with Crippen molar-refractivity contribution in [2.75, 3.05) is 33.4 Å².